The molecule has 1 saturated carbocycles. The van der Waals surface area contributed by atoms with Crippen LogP contribution in [0.1, 0.15) is 51.3 Å². The first-order chi connectivity index (χ1) is 7.24. The summed E-state index contributed by atoms with van der Waals surface area (Å²) in [7, 11) is 0. The lowest BCUT2D eigenvalue weighted by Gasteiger charge is -2.17. The predicted molar refractivity (Wildman–Crippen MR) is 57.5 cm³/mol. The Morgan fingerprint density at radius 3 is 2.73 bits per heavy atom. The van der Waals surface area contributed by atoms with Crippen LogP contribution in [0.2, 0.25) is 0 Å². The van der Waals surface area contributed by atoms with E-state index in [9.17, 15) is 0 Å². The van der Waals surface area contributed by atoms with Crippen LogP contribution in [0, 0.1) is 0 Å². The minimum absolute atomic E-state index is 0.136. The highest BCUT2D eigenvalue weighted by Crippen LogP contribution is 2.39. The van der Waals surface area contributed by atoms with E-state index in [4.69, 9.17) is 4.42 Å². The Morgan fingerprint density at radius 1 is 1.33 bits per heavy atom. The smallest absolute Gasteiger partial charge is 0.230 e. The van der Waals surface area contributed by atoms with Gasteiger partial charge in [0, 0.05) is 5.41 Å². The van der Waals surface area contributed by atoms with Crippen molar-refractivity contribution in [2.75, 3.05) is 6.54 Å². The first-order valence-electron chi connectivity index (χ1n) is 5.78. The number of rotatable bonds is 4. The SMILES string of the molecule is CCNCc1nnc(C2(C)CCCC2)o1. The molecule has 0 radical (unpaired) electrons. The monoisotopic (exact) mass is 209 g/mol. The molecule has 84 valence electrons. The van der Waals surface area contributed by atoms with Crippen molar-refractivity contribution in [3.8, 4) is 0 Å². The minimum atomic E-state index is 0.136. The molecule has 0 atom stereocenters. The van der Waals surface area contributed by atoms with Gasteiger partial charge in [0.05, 0.1) is 6.54 Å². The molecule has 4 nitrogen and oxygen atoms in total. The summed E-state index contributed by atoms with van der Waals surface area (Å²) in [5.74, 6) is 1.54. The molecular weight excluding hydrogens is 190 g/mol. The molecule has 1 N–H and O–H groups in total. The molecule has 15 heavy (non-hydrogen) atoms. The van der Waals surface area contributed by atoms with E-state index in [0.29, 0.717) is 12.4 Å². The zero-order valence-electron chi connectivity index (χ0n) is 9.55. The number of aromatic nitrogens is 2. The molecule has 1 aromatic heterocycles. The molecule has 0 amide bonds. The highest BCUT2D eigenvalue weighted by atomic mass is 16.4. The second-order valence-electron chi connectivity index (χ2n) is 4.55. The fourth-order valence-corrected chi connectivity index (χ4v) is 2.17. The normalized spacial score (nSPS) is 19.6. The van der Waals surface area contributed by atoms with Crippen LogP contribution in [0.15, 0.2) is 4.42 Å². The van der Waals surface area contributed by atoms with Gasteiger partial charge in [-0.3, -0.25) is 0 Å². The molecule has 2 rings (SSSR count). The molecule has 4 heteroatoms. The third-order valence-electron chi connectivity index (χ3n) is 3.22. The lowest BCUT2D eigenvalue weighted by atomic mass is 9.89. The zero-order valence-corrected chi connectivity index (χ0v) is 9.55. The van der Waals surface area contributed by atoms with Crippen LogP contribution in [0.5, 0.6) is 0 Å². The van der Waals surface area contributed by atoms with E-state index in [2.05, 4.69) is 29.4 Å². The van der Waals surface area contributed by atoms with Gasteiger partial charge in [-0.1, -0.05) is 26.7 Å². The van der Waals surface area contributed by atoms with Gasteiger partial charge in [0.2, 0.25) is 11.8 Å². The predicted octanol–water partition coefficient (Wildman–Crippen LogP) is 2.01. The lowest BCUT2D eigenvalue weighted by Crippen LogP contribution is -2.17. The van der Waals surface area contributed by atoms with Gasteiger partial charge < -0.3 is 9.73 Å². The summed E-state index contributed by atoms with van der Waals surface area (Å²) in [6, 6.07) is 0. The summed E-state index contributed by atoms with van der Waals surface area (Å²) >= 11 is 0. The topological polar surface area (TPSA) is 51.0 Å². The largest absolute Gasteiger partial charge is 0.423 e. The highest BCUT2D eigenvalue weighted by molar-refractivity contribution is 5.04. The van der Waals surface area contributed by atoms with Gasteiger partial charge in [-0.2, -0.15) is 0 Å². The Hall–Kier alpha value is -0.900. The number of nitrogens with one attached hydrogen (secondary N) is 1. The molecule has 0 bridgehead atoms. The molecule has 1 heterocycles. The molecule has 1 aliphatic carbocycles. The molecular formula is C11H19N3O. The maximum Gasteiger partial charge on any atom is 0.230 e. The van der Waals surface area contributed by atoms with Crippen LogP contribution >= 0.6 is 0 Å². The standard InChI is InChI=1S/C11H19N3O/c1-3-12-8-9-13-14-10(15-9)11(2)6-4-5-7-11/h12H,3-8H2,1-2H3. The zero-order chi connectivity index (χ0) is 10.7. The Bertz CT molecular complexity index is 315. The van der Waals surface area contributed by atoms with Crippen LogP contribution in [0.3, 0.4) is 0 Å². The van der Waals surface area contributed by atoms with E-state index in [-0.39, 0.29) is 5.41 Å². The molecule has 1 fully saturated rings. The van der Waals surface area contributed by atoms with Crippen molar-refractivity contribution >= 4 is 0 Å². The molecule has 0 aromatic carbocycles. The van der Waals surface area contributed by atoms with Crippen molar-refractivity contribution in [2.45, 2.75) is 51.5 Å². The van der Waals surface area contributed by atoms with E-state index >= 15 is 0 Å². The van der Waals surface area contributed by atoms with E-state index in [0.717, 1.165) is 12.4 Å². The molecule has 0 unspecified atom stereocenters. The number of hydrogen-bond donors (Lipinski definition) is 1. The van der Waals surface area contributed by atoms with Crippen LogP contribution in [-0.2, 0) is 12.0 Å². The van der Waals surface area contributed by atoms with E-state index in [1.807, 2.05) is 0 Å². The second kappa shape index (κ2) is 4.31. The average Bonchev–Trinajstić information content (AvgIpc) is 2.84. The van der Waals surface area contributed by atoms with Crippen molar-refractivity contribution in [3.05, 3.63) is 11.8 Å². The first kappa shape index (κ1) is 10.6. The van der Waals surface area contributed by atoms with Crippen molar-refractivity contribution < 1.29 is 4.42 Å². The van der Waals surface area contributed by atoms with Gasteiger partial charge in [-0.05, 0) is 19.4 Å². The van der Waals surface area contributed by atoms with E-state index in [1.165, 1.54) is 25.7 Å². The summed E-state index contributed by atoms with van der Waals surface area (Å²) in [6.45, 7) is 5.90. The minimum Gasteiger partial charge on any atom is -0.423 e. The molecule has 0 spiro atoms. The summed E-state index contributed by atoms with van der Waals surface area (Å²) < 4.78 is 5.69. The summed E-state index contributed by atoms with van der Waals surface area (Å²) in [4.78, 5) is 0. The summed E-state index contributed by atoms with van der Waals surface area (Å²) in [6.07, 6.45) is 4.91. The Morgan fingerprint density at radius 2 is 2.07 bits per heavy atom. The van der Waals surface area contributed by atoms with E-state index < -0.39 is 0 Å². The molecule has 0 aliphatic heterocycles. The third-order valence-corrected chi connectivity index (χ3v) is 3.22. The maximum atomic E-state index is 5.69. The van der Waals surface area contributed by atoms with Gasteiger partial charge in [0.1, 0.15) is 0 Å². The van der Waals surface area contributed by atoms with Crippen molar-refractivity contribution in [1.82, 2.24) is 15.5 Å². The van der Waals surface area contributed by atoms with Crippen molar-refractivity contribution in [3.63, 3.8) is 0 Å². The molecule has 1 aromatic rings. The third kappa shape index (κ3) is 2.20. The quantitative estimate of drug-likeness (QED) is 0.824. The highest BCUT2D eigenvalue weighted by Gasteiger charge is 2.35. The van der Waals surface area contributed by atoms with Gasteiger partial charge in [-0.15, -0.1) is 10.2 Å². The summed E-state index contributed by atoms with van der Waals surface area (Å²) in [5, 5.41) is 11.4. The Labute approximate surface area is 90.5 Å². The van der Waals surface area contributed by atoms with Gasteiger partial charge in [0.25, 0.3) is 0 Å². The molecule has 1 aliphatic rings. The van der Waals surface area contributed by atoms with Crippen LogP contribution in [0.25, 0.3) is 0 Å². The maximum absolute atomic E-state index is 5.69. The second-order valence-corrected chi connectivity index (χ2v) is 4.55. The van der Waals surface area contributed by atoms with Crippen molar-refractivity contribution in [1.29, 1.82) is 0 Å². The van der Waals surface area contributed by atoms with Crippen LogP contribution in [-0.4, -0.2) is 16.7 Å². The number of hydrogen-bond acceptors (Lipinski definition) is 4. The van der Waals surface area contributed by atoms with Gasteiger partial charge in [0.15, 0.2) is 0 Å². The lowest BCUT2D eigenvalue weighted by molar-refractivity contribution is 0.333. The summed E-state index contributed by atoms with van der Waals surface area (Å²) in [5.41, 5.74) is 0.136. The Balaban J connectivity index is 2.05. The van der Waals surface area contributed by atoms with Crippen LogP contribution < -0.4 is 5.32 Å². The fraction of sp³-hybridized carbons (Fsp3) is 0.818. The van der Waals surface area contributed by atoms with Crippen LogP contribution in [0.4, 0.5) is 0 Å². The van der Waals surface area contributed by atoms with Gasteiger partial charge in [-0.25, -0.2) is 0 Å². The fourth-order valence-electron chi connectivity index (χ4n) is 2.17. The number of nitrogens with zero attached hydrogens (tertiary/aromatic N) is 2. The first-order valence-corrected chi connectivity index (χ1v) is 5.78. The van der Waals surface area contributed by atoms with E-state index in [1.54, 1.807) is 0 Å². The van der Waals surface area contributed by atoms with Crippen molar-refractivity contribution in [2.24, 2.45) is 0 Å². The Kier molecular flexibility index (Phi) is 3.05. The average molecular weight is 209 g/mol. The molecule has 0 saturated heterocycles. The van der Waals surface area contributed by atoms with Gasteiger partial charge >= 0.3 is 0 Å².